The van der Waals surface area contributed by atoms with Crippen molar-refractivity contribution in [2.75, 3.05) is 5.32 Å². The fourth-order valence-corrected chi connectivity index (χ4v) is 1.90. The zero-order valence-corrected chi connectivity index (χ0v) is 9.31. The summed E-state index contributed by atoms with van der Waals surface area (Å²) in [6.45, 7) is 2.15. The minimum Gasteiger partial charge on any atom is -0.478 e. The fraction of sp³-hybridized carbons (Fsp3) is 0.500. The van der Waals surface area contributed by atoms with E-state index in [9.17, 15) is 4.79 Å². The molecule has 0 saturated heterocycles. The third kappa shape index (κ3) is 2.32. The Balaban J connectivity index is 1.96. The lowest BCUT2D eigenvalue weighted by atomic mass is 9.80. The van der Waals surface area contributed by atoms with Gasteiger partial charge >= 0.3 is 5.97 Å². The van der Waals surface area contributed by atoms with Crippen LogP contribution in [0.15, 0.2) is 18.3 Å². The molecule has 1 unspecified atom stereocenters. The Labute approximate surface area is 94.7 Å². The quantitative estimate of drug-likeness (QED) is 0.817. The maximum atomic E-state index is 10.6. The number of carboxylic acid groups (broad SMARTS) is 1. The van der Waals surface area contributed by atoms with Crippen LogP contribution in [0, 0.1) is 5.92 Å². The Morgan fingerprint density at radius 1 is 1.56 bits per heavy atom. The highest BCUT2D eigenvalue weighted by Gasteiger charge is 2.23. The van der Waals surface area contributed by atoms with Gasteiger partial charge in [0.1, 0.15) is 5.82 Å². The Morgan fingerprint density at radius 3 is 2.75 bits per heavy atom. The van der Waals surface area contributed by atoms with Crippen LogP contribution < -0.4 is 5.32 Å². The standard InChI is InChI=1S/C12H16N2O2/c1-8(9-3-2-4-9)14-11-6-5-10(7-13-11)12(15)16/h5-9H,2-4H2,1H3,(H,13,14)(H,15,16). The molecule has 4 nitrogen and oxygen atoms in total. The number of carbonyl (C=O) groups is 1. The lowest BCUT2D eigenvalue weighted by molar-refractivity contribution is 0.0696. The van der Waals surface area contributed by atoms with Crippen molar-refractivity contribution in [1.29, 1.82) is 0 Å². The lowest BCUT2D eigenvalue weighted by Crippen LogP contribution is -2.31. The van der Waals surface area contributed by atoms with Crippen LogP contribution in [-0.2, 0) is 0 Å². The molecule has 1 atom stereocenters. The van der Waals surface area contributed by atoms with Crippen molar-refractivity contribution in [3.8, 4) is 0 Å². The highest BCUT2D eigenvalue weighted by Crippen LogP contribution is 2.30. The Kier molecular flexibility index (Phi) is 3.08. The summed E-state index contributed by atoms with van der Waals surface area (Å²) >= 11 is 0. The molecule has 2 N–H and O–H groups in total. The summed E-state index contributed by atoms with van der Waals surface area (Å²) in [5.74, 6) is 0.552. The molecular weight excluding hydrogens is 204 g/mol. The Bertz CT molecular complexity index is 371. The van der Waals surface area contributed by atoms with E-state index in [0.717, 1.165) is 11.7 Å². The largest absolute Gasteiger partial charge is 0.478 e. The molecule has 2 rings (SSSR count). The van der Waals surface area contributed by atoms with E-state index in [1.807, 2.05) is 0 Å². The first-order valence-electron chi connectivity index (χ1n) is 5.62. The van der Waals surface area contributed by atoms with E-state index < -0.39 is 5.97 Å². The van der Waals surface area contributed by atoms with Gasteiger partial charge in [0, 0.05) is 12.2 Å². The van der Waals surface area contributed by atoms with E-state index in [0.29, 0.717) is 6.04 Å². The monoisotopic (exact) mass is 220 g/mol. The molecule has 1 aliphatic rings. The zero-order valence-electron chi connectivity index (χ0n) is 9.31. The predicted molar refractivity (Wildman–Crippen MR) is 61.6 cm³/mol. The summed E-state index contributed by atoms with van der Waals surface area (Å²) in [5.41, 5.74) is 0.224. The Morgan fingerprint density at radius 2 is 2.31 bits per heavy atom. The molecule has 0 amide bonds. The smallest absolute Gasteiger partial charge is 0.337 e. The van der Waals surface area contributed by atoms with Gasteiger partial charge in [-0.05, 0) is 37.8 Å². The second-order valence-electron chi connectivity index (χ2n) is 4.36. The van der Waals surface area contributed by atoms with Gasteiger partial charge in [0.25, 0.3) is 0 Å². The minimum absolute atomic E-state index is 0.224. The number of pyridine rings is 1. The van der Waals surface area contributed by atoms with Gasteiger partial charge in [-0.2, -0.15) is 0 Å². The normalized spacial score (nSPS) is 17.6. The van der Waals surface area contributed by atoms with Gasteiger partial charge in [-0.15, -0.1) is 0 Å². The minimum atomic E-state index is -0.939. The summed E-state index contributed by atoms with van der Waals surface area (Å²) in [4.78, 5) is 14.7. The van der Waals surface area contributed by atoms with Crippen molar-refractivity contribution in [2.24, 2.45) is 5.92 Å². The van der Waals surface area contributed by atoms with E-state index in [-0.39, 0.29) is 5.56 Å². The van der Waals surface area contributed by atoms with Gasteiger partial charge in [0.15, 0.2) is 0 Å². The molecule has 1 heterocycles. The third-order valence-electron chi connectivity index (χ3n) is 3.24. The fourth-order valence-electron chi connectivity index (χ4n) is 1.90. The average Bonchev–Trinajstić information content (AvgIpc) is 2.15. The zero-order chi connectivity index (χ0) is 11.5. The van der Waals surface area contributed by atoms with Crippen molar-refractivity contribution >= 4 is 11.8 Å². The molecular formula is C12H16N2O2. The first-order valence-corrected chi connectivity index (χ1v) is 5.62. The van der Waals surface area contributed by atoms with Gasteiger partial charge < -0.3 is 10.4 Å². The lowest BCUT2D eigenvalue weighted by Gasteiger charge is -2.32. The summed E-state index contributed by atoms with van der Waals surface area (Å²) in [6.07, 6.45) is 5.27. The molecule has 86 valence electrons. The molecule has 1 aromatic heterocycles. The van der Waals surface area contributed by atoms with Crippen LogP contribution in [-0.4, -0.2) is 22.1 Å². The van der Waals surface area contributed by atoms with E-state index in [4.69, 9.17) is 5.11 Å². The number of hydrogen-bond acceptors (Lipinski definition) is 3. The Hall–Kier alpha value is -1.58. The first-order chi connectivity index (χ1) is 7.66. The third-order valence-corrected chi connectivity index (χ3v) is 3.24. The van der Waals surface area contributed by atoms with Crippen LogP contribution in [0.2, 0.25) is 0 Å². The van der Waals surface area contributed by atoms with Crippen LogP contribution >= 0.6 is 0 Å². The van der Waals surface area contributed by atoms with Crippen LogP contribution in [0.1, 0.15) is 36.5 Å². The van der Waals surface area contributed by atoms with Crippen molar-refractivity contribution in [3.05, 3.63) is 23.9 Å². The van der Waals surface area contributed by atoms with Gasteiger partial charge in [-0.25, -0.2) is 9.78 Å². The molecule has 1 fully saturated rings. The summed E-state index contributed by atoms with van der Waals surface area (Å²) in [5, 5.41) is 12.0. The molecule has 0 aromatic carbocycles. The van der Waals surface area contributed by atoms with E-state index >= 15 is 0 Å². The van der Waals surface area contributed by atoms with E-state index in [1.165, 1.54) is 25.5 Å². The van der Waals surface area contributed by atoms with Gasteiger partial charge in [0.2, 0.25) is 0 Å². The molecule has 0 radical (unpaired) electrons. The number of rotatable bonds is 4. The maximum Gasteiger partial charge on any atom is 0.337 e. The van der Waals surface area contributed by atoms with E-state index in [2.05, 4.69) is 17.2 Å². The number of aromatic nitrogens is 1. The van der Waals surface area contributed by atoms with Crippen molar-refractivity contribution in [1.82, 2.24) is 4.98 Å². The number of aromatic carboxylic acids is 1. The molecule has 1 aliphatic carbocycles. The maximum absolute atomic E-state index is 10.6. The number of nitrogens with zero attached hydrogens (tertiary/aromatic N) is 1. The first kappa shape index (κ1) is 10.9. The number of anilines is 1. The molecule has 1 aromatic rings. The highest BCUT2D eigenvalue weighted by molar-refractivity contribution is 5.87. The average molecular weight is 220 g/mol. The second-order valence-corrected chi connectivity index (χ2v) is 4.36. The van der Waals surface area contributed by atoms with Crippen LogP contribution in [0.4, 0.5) is 5.82 Å². The molecule has 1 saturated carbocycles. The molecule has 0 spiro atoms. The molecule has 16 heavy (non-hydrogen) atoms. The van der Waals surface area contributed by atoms with E-state index in [1.54, 1.807) is 12.1 Å². The molecule has 0 aliphatic heterocycles. The van der Waals surface area contributed by atoms with Crippen LogP contribution in [0.5, 0.6) is 0 Å². The summed E-state index contributed by atoms with van der Waals surface area (Å²) in [7, 11) is 0. The summed E-state index contributed by atoms with van der Waals surface area (Å²) < 4.78 is 0. The number of hydrogen-bond donors (Lipinski definition) is 2. The topological polar surface area (TPSA) is 62.2 Å². The van der Waals surface area contributed by atoms with Gasteiger partial charge in [-0.3, -0.25) is 0 Å². The second kappa shape index (κ2) is 4.51. The van der Waals surface area contributed by atoms with Crippen molar-refractivity contribution < 1.29 is 9.90 Å². The van der Waals surface area contributed by atoms with Crippen LogP contribution in [0.3, 0.4) is 0 Å². The van der Waals surface area contributed by atoms with Crippen molar-refractivity contribution in [3.63, 3.8) is 0 Å². The number of carboxylic acids is 1. The molecule has 4 heteroatoms. The highest BCUT2D eigenvalue weighted by atomic mass is 16.4. The predicted octanol–water partition coefficient (Wildman–Crippen LogP) is 2.38. The van der Waals surface area contributed by atoms with Gasteiger partial charge in [0.05, 0.1) is 5.56 Å². The van der Waals surface area contributed by atoms with Crippen LogP contribution in [0.25, 0.3) is 0 Å². The molecule has 0 bridgehead atoms. The van der Waals surface area contributed by atoms with Gasteiger partial charge in [-0.1, -0.05) is 6.42 Å². The summed E-state index contributed by atoms with van der Waals surface area (Å²) in [6, 6.07) is 3.71. The SMILES string of the molecule is CC(Nc1ccc(C(=O)O)cn1)C1CCC1. The van der Waals surface area contributed by atoms with Crippen molar-refractivity contribution in [2.45, 2.75) is 32.2 Å². The number of nitrogens with one attached hydrogen (secondary N) is 1.